The maximum absolute atomic E-state index is 13.3. The highest BCUT2D eigenvalue weighted by atomic mass is 32.2. The molecule has 1 amide bonds. The molecular formula is C28H21N3O5S. The lowest BCUT2D eigenvalue weighted by Gasteiger charge is -2.11. The van der Waals surface area contributed by atoms with E-state index < -0.39 is 21.7 Å². The van der Waals surface area contributed by atoms with Gasteiger partial charge >= 0.3 is 5.97 Å². The van der Waals surface area contributed by atoms with E-state index >= 15 is 0 Å². The summed E-state index contributed by atoms with van der Waals surface area (Å²) in [4.78, 5) is 28.4. The van der Waals surface area contributed by atoms with Gasteiger partial charge in [0.1, 0.15) is 5.52 Å². The van der Waals surface area contributed by atoms with Gasteiger partial charge in [0.2, 0.25) is 15.7 Å². The van der Waals surface area contributed by atoms with Crippen molar-refractivity contribution in [3.8, 4) is 11.1 Å². The number of carboxylic acid groups (broad SMARTS) is 1. The Morgan fingerprint density at radius 1 is 0.811 bits per heavy atom. The van der Waals surface area contributed by atoms with Crippen LogP contribution in [0.25, 0.3) is 22.2 Å². The third-order valence-electron chi connectivity index (χ3n) is 6.05. The van der Waals surface area contributed by atoms with E-state index in [1.54, 1.807) is 18.2 Å². The number of sulfone groups is 1. The first-order valence-corrected chi connectivity index (χ1v) is 12.8. The van der Waals surface area contributed by atoms with Crippen LogP contribution in [0.2, 0.25) is 0 Å². The molecule has 0 aliphatic heterocycles. The number of fused-ring (bicyclic) bond motifs is 1. The molecule has 4 aromatic carbocycles. The van der Waals surface area contributed by atoms with Crippen LogP contribution in [0.15, 0.2) is 107 Å². The van der Waals surface area contributed by atoms with E-state index in [2.05, 4.69) is 4.98 Å². The topological polar surface area (TPSA) is 132 Å². The molecule has 3 N–H and O–H groups in total. The summed E-state index contributed by atoms with van der Waals surface area (Å²) >= 11 is 0. The molecule has 5 rings (SSSR count). The van der Waals surface area contributed by atoms with E-state index in [9.17, 15) is 23.1 Å². The fourth-order valence-corrected chi connectivity index (χ4v) is 5.54. The molecule has 0 bridgehead atoms. The number of nitrogens with two attached hydrogens (primary N) is 1. The first kappa shape index (κ1) is 24.0. The highest BCUT2D eigenvalue weighted by molar-refractivity contribution is 7.91. The van der Waals surface area contributed by atoms with E-state index in [1.807, 2.05) is 54.6 Å². The Labute approximate surface area is 212 Å². The van der Waals surface area contributed by atoms with Crippen LogP contribution < -0.4 is 5.73 Å². The third-order valence-corrected chi connectivity index (χ3v) is 7.80. The molecule has 0 fully saturated rings. The molecule has 0 atom stereocenters. The van der Waals surface area contributed by atoms with Crippen molar-refractivity contribution < 1.29 is 23.1 Å². The predicted molar refractivity (Wildman–Crippen MR) is 138 cm³/mol. The Bertz CT molecular complexity index is 1750. The molecule has 184 valence electrons. The van der Waals surface area contributed by atoms with Gasteiger partial charge in [-0.25, -0.2) is 18.2 Å². The van der Waals surface area contributed by atoms with Crippen molar-refractivity contribution in [3.63, 3.8) is 0 Å². The second-order valence-electron chi connectivity index (χ2n) is 8.41. The number of carboxylic acids is 1. The second kappa shape index (κ2) is 9.36. The quantitative estimate of drug-likeness (QED) is 0.333. The van der Waals surface area contributed by atoms with E-state index in [0.29, 0.717) is 0 Å². The summed E-state index contributed by atoms with van der Waals surface area (Å²) in [5, 5.41) is 9.86. The van der Waals surface area contributed by atoms with Crippen molar-refractivity contribution in [2.75, 3.05) is 0 Å². The summed E-state index contributed by atoms with van der Waals surface area (Å²) < 4.78 is 28.1. The molecule has 1 heterocycles. The molecule has 1 aromatic heterocycles. The van der Waals surface area contributed by atoms with Gasteiger partial charge in [0, 0.05) is 6.54 Å². The first-order chi connectivity index (χ1) is 17.8. The highest BCUT2D eigenvalue weighted by Crippen LogP contribution is 2.29. The molecule has 0 unspecified atom stereocenters. The Morgan fingerprint density at radius 3 is 2.00 bits per heavy atom. The molecule has 9 heteroatoms. The zero-order chi connectivity index (χ0) is 26.2. The number of imidazole rings is 1. The van der Waals surface area contributed by atoms with Crippen molar-refractivity contribution in [2.45, 2.75) is 16.3 Å². The molecule has 5 aromatic rings. The lowest BCUT2D eigenvalue weighted by Crippen LogP contribution is -2.13. The number of nitrogens with zero attached hydrogens (tertiary/aromatic N) is 2. The van der Waals surface area contributed by atoms with Crippen LogP contribution in [0.4, 0.5) is 0 Å². The molecule has 0 aliphatic carbocycles. The largest absolute Gasteiger partial charge is 0.475 e. The Kier molecular flexibility index (Phi) is 6.06. The summed E-state index contributed by atoms with van der Waals surface area (Å²) in [6.07, 6.45) is 0. The molecule has 0 saturated carbocycles. The van der Waals surface area contributed by atoms with E-state index in [4.69, 9.17) is 5.73 Å². The first-order valence-electron chi connectivity index (χ1n) is 11.3. The van der Waals surface area contributed by atoms with Crippen LogP contribution in [0, 0.1) is 0 Å². The molecule has 37 heavy (non-hydrogen) atoms. The van der Waals surface area contributed by atoms with Gasteiger partial charge in [-0.1, -0.05) is 72.8 Å². The number of carbonyl (C=O) groups is 2. The number of primary amides is 1. The van der Waals surface area contributed by atoms with Crippen molar-refractivity contribution in [2.24, 2.45) is 5.73 Å². The predicted octanol–water partition coefficient (Wildman–Crippen LogP) is 4.38. The summed E-state index contributed by atoms with van der Waals surface area (Å²) in [6.45, 7) is 0.0836. The Hall–Kier alpha value is -4.76. The minimum absolute atomic E-state index is 0.0258. The zero-order valence-electron chi connectivity index (χ0n) is 19.4. The van der Waals surface area contributed by atoms with Crippen molar-refractivity contribution in [3.05, 3.63) is 114 Å². The number of benzene rings is 4. The van der Waals surface area contributed by atoms with E-state index in [0.717, 1.165) is 22.8 Å². The van der Waals surface area contributed by atoms with Crippen LogP contribution in [0.5, 0.6) is 0 Å². The fraction of sp³-hybridized carbons (Fsp3) is 0.0357. The van der Waals surface area contributed by atoms with Crippen molar-refractivity contribution in [1.29, 1.82) is 0 Å². The summed E-state index contributed by atoms with van der Waals surface area (Å²) in [5.41, 5.74) is 8.38. The number of rotatable bonds is 7. The smallest absolute Gasteiger partial charge is 0.372 e. The number of hydrogen-bond acceptors (Lipinski definition) is 5. The van der Waals surface area contributed by atoms with Crippen molar-refractivity contribution in [1.82, 2.24) is 9.55 Å². The highest BCUT2D eigenvalue weighted by Gasteiger charge is 2.26. The van der Waals surface area contributed by atoms with Crippen LogP contribution in [-0.2, 0) is 16.4 Å². The molecular weight excluding hydrogens is 490 g/mol. The number of aromatic nitrogens is 2. The number of carbonyl (C=O) groups excluding carboxylic acids is 1. The van der Waals surface area contributed by atoms with E-state index in [-0.39, 0.29) is 38.8 Å². The molecule has 0 spiro atoms. The van der Waals surface area contributed by atoms with Gasteiger partial charge < -0.3 is 15.4 Å². The summed E-state index contributed by atoms with van der Waals surface area (Å²) in [5.74, 6) is -2.57. The Morgan fingerprint density at radius 2 is 1.41 bits per heavy atom. The van der Waals surface area contributed by atoms with Gasteiger partial charge in [-0.15, -0.1) is 0 Å². The summed E-state index contributed by atoms with van der Waals surface area (Å²) in [6, 6.07) is 27.6. The summed E-state index contributed by atoms with van der Waals surface area (Å²) in [7, 11) is -4.02. The van der Waals surface area contributed by atoms with Gasteiger partial charge in [0.25, 0.3) is 5.91 Å². The maximum Gasteiger partial charge on any atom is 0.372 e. The van der Waals surface area contributed by atoms with Crippen molar-refractivity contribution >= 4 is 32.7 Å². The Balaban J connectivity index is 1.66. The maximum atomic E-state index is 13.3. The monoisotopic (exact) mass is 511 g/mol. The van der Waals surface area contributed by atoms with E-state index in [1.165, 1.54) is 22.8 Å². The lowest BCUT2D eigenvalue weighted by molar-refractivity contribution is 0.0679. The van der Waals surface area contributed by atoms with Crippen LogP contribution in [-0.4, -0.2) is 35.0 Å². The van der Waals surface area contributed by atoms with Gasteiger partial charge in [-0.3, -0.25) is 4.79 Å². The molecule has 0 radical (unpaired) electrons. The number of aromatic carboxylic acids is 1. The van der Waals surface area contributed by atoms with Crippen LogP contribution in [0.3, 0.4) is 0 Å². The lowest BCUT2D eigenvalue weighted by atomic mass is 10.0. The van der Waals surface area contributed by atoms with Gasteiger partial charge in [0.15, 0.2) is 0 Å². The fourth-order valence-electron chi connectivity index (χ4n) is 4.21. The average Bonchev–Trinajstić information content (AvgIpc) is 3.28. The molecule has 0 saturated heterocycles. The second-order valence-corrected chi connectivity index (χ2v) is 10.4. The normalized spacial score (nSPS) is 11.5. The van der Waals surface area contributed by atoms with Crippen LogP contribution >= 0.6 is 0 Å². The average molecular weight is 512 g/mol. The molecule has 0 aliphatic rings. The van der Waals surface area contributed by atoms with Gasteiger partial charge in [0.05, 0.1) is 20.9 Å². The standard InChI is InChI=1S/C28H21N3O5S/c29-26(32)23-15-22(37(35,36)21-9-5-2-6-10-21)16-24-25(23)30-27(28(33)34)31(24)17-18-11-13-20(14-12-18)19-7-3-1-4-8-19/h1-16H,17H2,(H2,29,32)(H,33,34). The van der Waals surface area contributed by atoms with Crippen LogP contribution in [0.1, 0.15) is 26.5 Å². The van der Waals surface area contributed by atoms with Gasteiger partial charge in [-0.05, 0) is 41.0 Å². The number of hydrogen-bond donors (Lipinski definition) is 2. The molecule has 8 nitrogen and oxygen atoms in total. The zero-order valence-corrected chi connectivity index (χ0v) is 20.2. The van der Waals surface area contributed by atoms with Gasteiger partial charge in [-0.2, -0.15) is 0 Å². The minimum Gasteiger partial charge on any atom is -0.475 e. The number of amides is 1. The SMILES string of the molecule is NC(=O)c1cc(S(=O)(=O)c2ccccc2)cc2c1nc(C(=O)O)n2Cc1ccc(-c2ccccc2)cc1. The minimum atomic E-state index is -4.02. The third kappa shape index (κ3) is 4.48.